The summed E-state index contributed by atoms with van der Waals surface area (Å²) in [6, 6.07) is 3.23. The Bertz CT molecular complexity index is 688. The lowest BCUT2D eigenvalue weighted by atomic mass is 10.1. The Morgan fingerprint density at radius 3 is 2.53 bits per heavy atom. The quantitative estimate of drug-likeness (QED) is 0.818. The third-order valence-corrected chi connectivity index (χ3v) is 3.23. The summed E-state index contributed by atoms with van der Waals surface area (Å²) < 4.78 is 0. The minimum Gasteiger partial charge on any atom is -0.477 e. The van der Waals surface area contributed by atoms with Gasteiger partial charge in [0, 0.05) is 16.0 Å². The molecule has 0 aliphatic rings. The molecule has 17 heavy (non-hydrogen) atoms. The van der Waals surface area contributed by atoms with Crippen molar-refractivity contribution in [3.8, 4) is 0 Å². The van der Waals surface area contributed by atoms with Crippen LogP contribution >= 0.6 is 11.6 Å². The van der Waals surface area contributed by atoms with Gasteiger partial charge < -0.3 is 10.1 Å². The Labute approximate surface area is 102 Å². The van der Waals surface area contributed by atoms with Crippen molar-refractivity contribution < 1.29 is 9.90 Å². The predicted octanol–water partition coefficient (Wildman–Crippen LogP) is 2.50. The summed E-state index contributed by atoms with van der Waals surface area (Å²) in [4.78, 5) is 25.8. The third-order valence-electron chi connectivity index (χ3n) is 2.82. The van der Waals surface area contributed by atoms with Crippen LogP contribution in [0.25, 0.3) is 10.9 Å². The molecule has 1 heterocycles. The lowest BCUT2D eigenvalue weighted by Crippen LogP contribution is -2.15. The molecule has 0 fully saturated rings. The fraction of sp³-hybridized carbons (Fsp3) is 0.167. The highest BCUT2D eigenvalue weighted by Crippen LogP contribution is 2.22. The van der Waals surface area contributed by atoms with E-state index in [0.717, 1.165) is 0 Å². The second kappa shape index (κ2) is 3.89. The van der Waals surface area contributed by atoms with Crippen molar-refractivity contribution in [2.24, 2.45) is 0 Å². The Balaban J connectivity index is 3.02. The Morgan fingerprint density at radius 2 is 1.94 bits per heavy atom. The van der Waals surface area contributed by atoms with E-state index in [1.54, 1.807) is 19.1 Å². The lowest BCUT2D eigenvalue weighted by molar-refractivity contribution is 0.0690. The first-order valence-corrected chi connectivity index (χ1v) is 5.36. The molecule has 5 heteroatoms. The zero-order valence-electron chi connectivity index (χ0n) is 9.30. The van der Waals surface area contributed by atoms with Crippen molar-refractivity contribution >= 4 is 28.5 Å². The zero-order valence-corrected chi connectivity index (χ0v) is 10.1. The van der Waals surface area contributed by atoms with Crippen molar-refractivity contribution in [2.75, 3.05) is 0 Å². The number of nitrogens with one attached hydrogen (secondary N) is 1. The van der Waals surface area contributed by atoms with Crippen LogP contribution in [-0.2, 0) is 0 Å². The molecule has 1 aromatic carbocycles. The lowest BCUT2D eigenvalue weighted by Gasteiger charge is -2.08. The molecule has 0 radical (unpaired) electrons. The maximum absolute atomic E-state index is 12.0. The van der Waals surface area contributed by atoms with E-state index in [-0.39, 0.29) is 16.7 Å². The van der Waals surface area contributed by atoms with Crippen molar-refractivity contribution in [2.45, 2.75) is 13.8 Å². The first-order valence-electron chi connectivity index (χ1n) is 4.98. The van der Waals surface area contributed by atoms with E-state index in [0.29, 0.717) is 21.5 Å². The number of carboxylic acids is 1. The van der Waals surface area contributed by atoms with Crippen LogP contribution in [0.4, 0.5) is 0 Å². The van der Waals surface area contributed by atoms with Crippen molar-refractivity contribution in [3.05, 3.63) is 44.2 Å². The van der Waals surface area contributed by atoms with Crippen molar-refractivity contribution in [1.82, 2.24) is 4.98 Å². The van der Waals surface area contributed by atoms with Crippen LogP contribution in [0.1, 0.15) is 21.6 Å². The molecule has 88 valence electrons. The van der Waals surface area contributed by atoms with Gasteiger partial charge in [0.2, 0.25) is 0 Å². The summed E-state index contributed by atoms with van der Waals surface area (Å²) >= 11 is 5.94. The molecular weight excluding hydrogens is 242 g/mol. The van der Waals surface area contributed by atoms with Crippen LogP contribution in [-0.4, -0.2) is 16.1 Å². The highest BCUT2D eigenvalue weighted by atomic mass is 35.5. The predicted molar refractivity (Wildman–Crippen MR) is 66.0 cm³/mol. The number of aromatic carboxylic acids is 1. The van der Waals surface area contributed by atoms with E-state index in [1.165, 1.54) is 6.92 Å². The monoisotopic (exact) mass is 251 g/mol. The molecule has 0 saturated heterocycles. The largest absolute Gasteiger partial charge is 0.477 e. The SMILES string of the molecule is Cc1c(C(=O)O)[nH]c2c(C)c(Cl)ccc2c1=O. The Kier molecular flexibility index (Phi) is 2.67. The minimum absolute atomic E-state index is 0.0899. The topological polar surface area (TPSA) is 70.2 Å². The summed E-state index contributed by atoms with van der Waals surface area (Å²) in [6.07, 6.45) is 0. The number of H-pyrrole nitrogens is 1. The van der Waals surface area contributed by atoms with Gasteiger partial charge in [0.05, 0.1) is 5.52 Å². The molecule has 2 rings (SSSR count). The summed E-state index contributed by atoms with van der Waals surface area (Å²) in [5, 5.41) is 9.95. The Hall–Kier alpha value is -1.81. The number of carbonyl (C=O) groups is 1. The van der Waals surface area contributed by atoms with Gasteiger partial charge in [0.15, 0.2) is 5.43 Å². The second-order valence-corrected chi connectivity index (χ2v) is 4.26. The van der Waals surface area contributed by atoms with E-state index in [1.807, 2.05) is 0 Å². The number of halogens is 1. The maximum atomic E-state index is 12.0. The average molecular weight is 252 g/mol. The number of fused-ring (bicyclic) bond motifs is 1. The van der Waals surface area contributed by atoms with Crippen LogP contribution in [0.3, 0.4) is 0 Å². The number of carboxylic acid groups (broad SMARTS) is 1. The molecule has 0 amide bonds. The molecule has 0 aliphatic carbocycles. The van der Waals surface area contributed by atoms with Crippen LogP contribution in [0.2, 0.25) is 5.02 Å². The molecule has 2 aromatic rings. The minimum atomic E-state index is -1.15. The zero-order chi connectivity index (χ0) is 12.7. The number of aryl methyl sites for hydroxylation is 1. The average Bonchev–Trinajstić information content (AvgIpc) is 2.28. The molecular formula is C12H10ClNO3. The summed E-state index contributed by atoms with van der Waals surface area (Å²) in [7, 11) is 0. The summed E-state index contributed by atoms with van der Waals surface area (Å²) in [5.74, 6) is -1.15. The van der Waals surface area contributed by atoms with Crippen LogP contribution in [0, 0.1) is 13.8 Å². The van der Waals surface area contributed by atoms with Gasteiger partial charge in [-0.05, 0) is 31.5 Å². The van der Waals surface area contributed by atoms with Gasteiger partial charge in [-0.1, -0.05) is 11.6 Å². The fourth-order valence-electron chi connectivity index (χ4n) is 1.78. The molecule has 2 N–H and O–H groups in total. The number of aromatic nitrogens is 1. The van der Waals surface area contributed by atoms with Crippen LogP contribution < -0.4 is 5.43 Å². The molecule has 0 spiro atoms. The molecule has 0 atom stereocenters. The molecule has 4 nitrogen and oxygen atoms in total. The van der Waals surface area contributed by atoms with Crippen molar-refractivity contribution in [1.29, 1.82) is 0 Å². The molecule has 0 saturated carbocycles. The van der Waals surface area contributed by atoms with Gasteiger partial charge in [-0.2, -0.15) is 0 Å². The molecule has 0 unspecified atom stereocenters. The maximum Gasteiger partial charge on any atom is 0.352 e. The number of hydrogen-bond donors (Lipinski definition) is 2. The molecule has 1 aromatic heterocycles. The first kappa shape index (κ1) is 11.7. The standard InChI is InChI=1S/C12H10ClNO3/c1-5-8(13)4-3-7-9(5)14-10(12(16)17)6(2)11(7)15/h3-4H,1-2H3,(H,14,15)(H,16,17). The normalized spacial score (nSPS) is 10.8. The first-order chi connectivity index (χ1) is 7.93. The van der Waals surface area contributed by atoms with Crippen LogP contribution in [0.5, 0.6) is 0 Å². The van der Waals surface area contributed by atoms with Gasteiger partial charge in [-0.25, -0.2) is 4.79 Å². The highest BCUT2D eigenvalue weighted by Gasteiger charge is 2.15. The summed E-state index contributed by atoms with van der Waals surface area (Å²) in [6.45, 7) is 3.23. The number of aromatic amines is 1. The second-order valence-electron chi connectivity index (χ2n) is 3.85. The third kappa shape index (κ3) is 1.70. The smallest absolute Gasteiger partial charge is 0.352 e. The van der Waals surface area contributed by atoms with Gasteiger partial charge in [0.25, 0.3) is 0 Å². The van der Waals surface area contributed by atoms with E-state index >= 15 is 0 Å². The molecule has 0 aliphatic heterocycles. The fourth-order valence-corrected chi connectivity index (χ4v) is 1.94. The van der Waals surface area contributed by atoms with Gasteiger partial charge in [-0.3, -0.25) is 4.79 Å². The number of pyridine rings is 1. The van der Waals surface area contributed by atoms with Gasteiger partial charge >= 0.3 is 5.97 Å². The highest BCUT2D eigenvalue weighted by molar-refractivity contribution is 6.32. The van der Waals surface area contributed by atoms with E-state index in [4.69, 9.17) is 16.7 Å². The van der Waals surface area contributed by atoms with E-state index < -0.39 is 5.97 Å². The van der Waals surface area contributed by atoms with E-state index in [9.17, 15) is 9.59 Å². The number of rotatable bonds is 1. The van der Waals surface area contributed by atoms with Gasteiger partial charge in [0.1, 0.15) is 5.69 Å². The summed E-state index contributed by atoms with van der Waals surface area (Å²) in [5.41, 5.74) is 0.977. The molecule has 0 bridgehead atoms. The number of benzene rings is 1. The van der Waals surface area contributed by atoms with Gasteiger partial charge in [-0.15, -0.1) is 0 Å². The Morgan fingerprint density at radius 1 is 1.29 bits per heavy atom. The van der Waals surface area contributed by atoms with E-state index in [2.05, 4.69) is 4.98 Å². The van der Waals surface area contributed by atoms with Crippen molar-refractivity contribution in [3.63, 3.8) is 0 Å². The number of hydrogen-bond acceptors (Lipinski definition) is 2. The van der Waals surface area contributed by atoms with Crippen LogP contribution in [0.15, 0.2) is 16.9 Å².